The third-order valence-electron chi connectivity index (χ3n) is 3.94. The van der Waals surface area contributed by atoms with Gasteiger partial charge >= 0.3 is 0 Å². The van der Waals surface area contributed by atoms with Crippen molar-refractivity contribution < 1.29 is 23.5 Å². The topological polar surface area (TPSA) is 81.0 Å². The molecule has 0 saturated carbocycles. The lowest BCUT2D eigenvalue weighted by molar-refractivity contribution is -0.134. The second kappa shape index (κ2) is 9.50. The number of nitrogens with zero attached hydrogens (tertiary/aromatic N) is 1. The Hall–Kier alpha value is -2.96. The summed E-state index contributed by atoms with van der Waals surface area (Å²) in [5.41, 5.74) is 0.991. The van der Waals surface area contributed by atoms with Gasteiger partial charge in [0.15, 0.2) is 11.5 Å². The van der Waals surface area contributed by atoms with Gasteiger partial charge in [-0.2, -0.15) is 0 Å². The Bertz CT molecular complexity index is 728. The van der Waals surface area contributed by atoms with Crippen molar-refractivity contribution in [2.45, 2.75) is 19.9 Å². The van der Waals surface area contributed by atoms with Crippen LogP contribution >= 0.6 is 0 Å². The molecule has 0 aliphatic carbocycles. The zero-order chi connectivity index (χ0) is 18.9. The van der Waals surface area contributed by atoms with E-state index < -0.39 is 0 Å². The van der Waals surface area contributed by atoms with Crippen molar-refractivity contribution >= 4 is 11.8 Å². The Kier molecular flexibility index (Phi) is 7.08. The first-order valence-electron chi connectivity index (χ1n) is 8.29. The highest BCUT2D eigenvalue weighted by molar-refractivity contribution is 5.83. The molecule has 2 rings (SSSR count). The Balaban J connectivity index is 1.89. The molecular weight excluding hydrogens is 336 g/mol. The summed E-state index contributed by atoms with van der Waals surface area (Å²) in [7, 11) is 3.16. The van der Waals surface area contributed by atoms with E-state index in [-0.39, 0.29) is 18.4 Å². The van der Waals surface area contributed by atoms with Gasteiger partial charge in [0.1, 0.15) is 5.76 Å². The molecule has 0 saturated heterocycles. The van der Waals surface area contributed by atoms with E-state index in [1.54, 1.807) is 32.6 Å². The largest absolute Gasteiger partial charge is 0.493 e. The van der Waals surface area contributed by atoms with Crippen LogP contribution in [0, 0.1) is 0 Å². The lowest BCUT2D eigenvalue weighted by Crippen LogP contribution is -2.40. The van der Waals surface area contributed by atoms with E-state index in [0.29, 0.717) is 36.8 Å². The van der Waals surface area contributed by atoms with Crippen molar-refractivity contribution in [1.82, 2.24) is 10.2 Å². The fourth-order valence-corrected chi connectivity index (χ4v) is 2.48. The van der Waals surface area contributed by atoms with E-state index in [2.05, 4.69) is 5.32 Å². The third kappa shape index (κ3) is 5.54. The number of rotatable bonds is 9. The predicted octanol–water partition coefficient (Wildman–Crippen LogP) is 2.00. The summed E-state index contributed by atoms with van der Waals surface area (Å²) in [6, 6.07) is 9.14. The van der Waals surface area contributed by atoms with Crippen molar-refractivity contribution in [3.8, 4) is 11.5 Å². The van der Waals surface area contributed by atoms with E-state index >= 15 is 0 Å². The molecule has 140 valence electrons. The summed E-state index contributed by atoms with van der Waals surface area (Å²) < 4.78 is 15.7. The van der Waals surface area contributed by atoms with Gasteiger partial charge in [0, 0.05) is 13.5 Å². The first-order chi connectivity index (χ1) is 12.5. The minimum atomic E-state index is -0.232. The number of furan rings is 1. The van der Waals surface area contributed by atoms with Gasteiger partial charge in [0.2, 0.25) is 11.8 Å². The summed E-state index contributed by atoms with van der Waals surface area (Å²) >= 11 is 0. The molecule has 0 aliphatic rings. The SMILES string of the molecule is COc1ccc(CCN(CC(=O)NCc2ccco2)C(C)=O)cc1OC. The monoisotopic (exact) mass is 360 g/mol. The summed E-state index contributed by atoms with van der Waals surface area (Å²) in [4.78, 5) is 25.4. The second-order valence-corrected chi connectivity index (χ2v) is 5.74. The number of hydrogen-bond acceptors (Lipinski definition) is 5. The van der Waals surface area contributed by atoms with Crippen LogP contribution in [0.25, 0.3) is 0 Å². The zero-order valence-electron chi connectivity index (χ0n) is 15.3. The van der Waals surface area contributed by atoms with Gasteiger partial charge in [-0.05, 0) is 36.2 Å². The number of hydrogen-bond donors (Lipinski definition) is 1. The number of nitrogens with one attached hydrogen (secondary N) is 1. The highest BCUT2D eigenvalue weighted by Gasteiger charge is 2.14. The summed E-state index contributed by atoms with van der Waals surface area (Å²) in [5.74, 6) is 1.56. The Morgan fingerprint density at radius 1 is 1.15 bits per heavy atom. The van der Waals surface area contributed by atoms with Crippen LogP contribution in [-0.4, -0.2) is 44.0 Å². The fraction of sp³-hybridized carbons (Fsp3) is 0.368. The maximum absolute atomic E-state index is 12.1. The highest BCUT2D eigenvalue weighted by atomic mass is 16.5. The number of ether oxygens (including phenoxy) is 2. The minimum Gasteiger partial charge on any atom is -0.493 e. The predicted molar refractivity (Wildman–Crippen MR) is 96.1 cm³/mol. The van der Waals surface area contributed by atoms with Gasteiger partial charge in [0.05, 0.1) is 33.6 Å². The average molecular weight is 360 g/mol. The van der Waals surface area contributed by atoms with E-state index in [0.717, 1.165) is 5.56 Å². The lowest BCUT2D eigenvalue weighted by Gasteiger charge is -2.20. The first kappa shape index (κ1) is 19.4. The van der Waals surface area contributed by atoms with Crippen LogP contribution < -0.4 is 14.8 Å². The smallest absolute Gasteiger partial charge is 0.240 e. The van der Waals surface area contributed by atoms with Crippen LogP contribution in [0.2, 0.25) is 0 Å². The molecule has 1 aromatic carbocycles. The minimum absolute atomic E-state index is 0.00331. The number of amides is 2. The summed E-state index contributed by atoms with van der Waals surface area (Å²) in [6.07, 6.45) is 2.15. The average Bonchev–Trinajstić information content (AvgIpc) is 3.16. The van der Waals surface area contributed by atoms with Crippen molar-refractivity contribution in [2.75, 3.05) is 27.3 Å². The molecule has 0 radical (unpaired) electrons. The molecule has 0 bridgehead atoms. The molecule has 1 heterocycles. The lowest BCUT2D eigenvalue weighted by atomic mass is 10.1. The molecular formula is C19H24N2O5. The van der Waals surface area contributed by atoms with Gasteiger partial charge in [-0.3, -0.25) is 9.59 Å². The number of carbonyl (C=O) groups is 2. The first-order valence-corrected chi connectivity index (χ1v) is 8.29. The third-order valence-corrected chi connectivity index (χ3v) is 3.94. The Morgan fingerprint density at radius 2 is 1.92 bits per heavy atom. The van der Waals surface area contributed by atoms with Gasteiger partial charge in [0.25, 0.3) is 0 Å². The summed E-state index contributed by atoms with van der Waals surface area (Å²) in [5, 5.41) is 2.74. The maximum Gasteiger partial charge on any atom is 0.240 e. The van der Waals surface area contributed by atoms with Crippen molar-refractivity contribution in [1.29, 1.82) is 0 Å². The standard InChI is InChI=1S/C19H24N2O5/c1-14(22)21(13-19(23)20-12-16-5-4-10-26-16)9-8-15-6-7-17(24-2)18(11-15)25-3/h4-7,10-11H,8-9,12-13H2,1-3H3,(H,20,23). The van der Waals surface area contributed by atoms with Gasteiger partial charge in [-0.1, -0.05) is 6.07 Å². The van der Waals surface area contributed by atoms with E-state index in [9.17, 15) is 9.59 Å². The molecule has 0 aliphatic heterocycles. The molecule has 1 aromatic heterocycles. The van der Waals surface area contributed by atoms with Crippen LogP contribution in [0.5, 0.6) is 11.5 Å². The van der Waals surface area contributed by atoms with Crippen molar-refractivity contribution in [2.24, 2.45) is 0 Å². The van der Waals surface area contributed by atoms with E-state index in [4.69, 9.17) is 13.9 Å². The highest BCUT2D eigenvalue weighted by Crippen LogP contribution is 2.27. The fourth-order valence-electron chi connectivity index (χ4n) is 2.48. The Morgan fingerprint density at radius 3 is 2.54 bits per heavy atom. The Labute approximate surface area is 152 Å². The van der Waals surface area contributed by atoms with Crippen molar-refractivity contribution in [3.63, 3.8) is 0 Å². The zero-order valence-corrected chi connectivity index (χ0v) is 15.3. The summed E-state index contributed by atoms with van der Waals surface area (Å²) in [6.45, 7) is 2.18. The van der Waals surface area contributed by atoms with Gasteiger partial charge in [-0.25, -0.2) is 0 Å². The van der Waals surface area contributed by atoms with Crippen LogP contribution in [0.15, 0.2) is 41.0 Å². The van der Waals surface area contributed by atoms with E-state index in [1.807, 2.05) is 18.2 Å². The number of methoxy groups -OCH3 is 2. The molecule has 7 nitrogen and oxygen atoms in total. The molecule has 2 amide bonds. The maximum atomic E-state index is 12.1. The van der Waals surface area contributed by atoms with Crippen LogP contribution in [0.1, 0.15) is 18.2 Å². The van der Waals surface area contributed by atoms with Crippen molar-refractivity contribution in [3.05, 3.63) is 47.9 Å². The van der Waals surface area contributed by atoms with Gasteiger partial charge in [-0.15, -0.1) is 0 Å². The van der Waals surface area contributed by atoms with Crippen LogP contribution in [-0.2, 0) is 22.6 Å². The number of carbonyl (C=O) groups excluding carboxylic acids is 2. The number of benzene rings is 1. The molecule has 0 unspecified atom stereocenters. The van der Waals surface area contributed by atoms with Crippen LogP contribution in [0.4, 0.5) is 0 Å². The normalized spacial score (nSPS) is 10.3. The van der Waals surface area contributed by atoms with Gasteiger partial charge < -0.3 is 24.1 Å². The quantitative estimate of drug-likeness (QED) is 0.740. The van der Waals surface area contributed by atoms with Crippen LogP contribution in [0.3, 0.4) is 0 Å². The molecule has 0 spiro atoms. The van der Waals surface area contributed by atoms with E-state index in [1.165, 1.54) is 11.8 Å². The second-order valence-electron chi connectivity index (χ2n) is 5.74. The molecule has 26 heavy (non-hydrogen) atoms. The molecule has 7 heteroatoms. The molecule has 1 N–H and O–H groups in total. The molecule has 0 atom stereocenters. The molecule has 0 fully saturated rings. The molecule has 2 aromatic rings.